The van der Waals surface area contributed by atoms with Crippen LogP contribution in [-0.4, -0.2) is 23.9 Å². The van der Waals surface area contributed by atoms with Crippen molar-refractivity contribution in [3.63, 3.8) is 0 Å². The lowest BCUT2D eigenvalue weighted by molar-refractivity contribution is -0.695. The van der Waals surface area contributed by atoms with Gasteiger partial charge in [0.1, 0.15) is 12.6 Å². The van der Waals surface area contributed by atoms with E-state index >= 15 is 0 Å². The van der Waals surface area contributed by atoms with E-state index in [-0.39, 0.29) is 23.8 Å². The van der Waals surface area contributed by atoms with E-state index in [9.17, 15) is 9.59 Å². The zero-order valence-corrected chi connectivity index (χ0v) is 16.9. The third-order valence-electron chi connectivity index (χ3n) is 5.39. The normalized spacial score (nSPS) is 16.9. The summed E-state index contributed by atoms with van der Waals surface area (Å²) in [7, 11) is 0. The molecular weight excluding hydrogens is 350 g/mol. The number of benzene rings is 2. The number of nitrogens with one attached hydrogen (secondary N) is 2. The Balaban J connectivity index is 1.63. The topological polar surface area (TPSA) is 74.8 Å². The first-order valence-electron chi connectivity index (χ1n) is 10.1. The summed E-state index contributed by atoms with van der Waals surface area (Å²) in [5.41, 5.74) is 4.46. The van der Waals surface area contributed by atoms with Crippen LogP contribution < -0.4 is 16.0 Å². The zero-order chi connectivity index (χ0) is 20.1. The predicted molar refractivity (Wildman–Crippen MR) is 111 cm³/mol. The Morgan fingerprint density at radius 1 is 1.07 bits per heavy atom. The van der Waals surface area contributed by atoms with Crippen LogP contribution in [0.15, 0.2) is 48.5 Å². The quantitative estimate of drug-likeness (QED) is 0.717. The molecule has 28 heavy (non-hydrogen) atoms. The number of fused-ring (bicyclic) bond motifs is 1. The van der Waals surface area contributed by atoms with Gasteiger partial charge < -0.3 is 16.0 Å². The van der Waals surface area contributed by atoms with Crippen molar-refractivity contribution in [1.82, 2.24) is 5.32 Å². The summed E-state index contributed by atoms with van der Waals surface area (Å²) < 4.78 is 0. The van der Waals surface area contributed by atoms with Crippen molar-refractivity contribution in [1.29, 1.82) is 0 Å². The second-order valence-electron chi connectivity index (χ2n) is 7.79. The highest BCUT2D eigenvalue weighted by molar-refractivity contribution is 5.97. The molecule has 0 spiro atoms. The number of rotatable bonds is 6. The second kappa shape index (κ2) is 9.02. The molecule has 2 aromatic rings. The van der Waals surface area contributed by atoms with Crippen LogP contribution in [0.2, 0.25) is 0 Å². The Morgan fingerprint density at radius 2 is 1.75 bits per heavy atom. The second-order valence-corrected chi connectivity index (χ2v) is 7.79. The molecule has 0 radical (unpaired) electrons. The van der Waals surface area contributed by atoms with Crippen LogP contribution in [0.1, 0.15) is 37.5 Å². The minimum atomic E-state index is -0.566. The van der Waals surface area contributed by atoms with Gasteiger partial charge in [0.2, 0.25) is 5.91 Å². The van der Waals surface area contributed by atoms with E-state index in [0.29, 0.717) is 6.42 Å². The van der Waals surface area contributed by atoms with Crippen LogP contribution >= 0.6 is 0 Å². The fourth-order valence-corrected chi connectivity index (χ4v) is 3.58. The van der Waals surface area contributed by atoms with Crippen molar-refractivity contribution >= 4 is 17.5 Å². The maximum Gasteiger partial charge on any atom is 0.279 e. The lowest BCUT2D eigenvalue weighted by Gasteiger charge is -2.26. The number of carbonyl (C=O) groups is 2. The minimum absolute atomic E-state index is 0.00487. The maximum absolute atomic E-state index is 12.8. The fourth-order valence-electron chi connectivity index (χ4n) is 3.58. The Morgan fingerprint density at radius 3 is 2.39 bits per heavy atom. The average molecular weight is 381 g/mol. The van der Waals surface area contributed by atoms with Crippen LogP contribution in [0.25, 0.3) is 0 Å². The van der Waals surface area contributed by atoms with E-state index in [1.807, 2.05) is 50.2 Å². The van der Waals surface area contributed by atoms with E-state index in [0.717, 1.165) is 18.7 Å². The van der Waals surface area contributed by atoms with Crippen LogP contribution in [0.3, 0.4) is 0 Å². The maximum atomic E-state index is 12.8. The van der Waals surface area contributed by atoms with Crippen molar-refractivity contribution in [2.24, 2.45) is 5.92 Å². The van der Waals surface area contributed by atoms with E-state index < -0.39 is 6.04 Å². The van der Waals surface area contributed by atoms with E-state index in [4.69, 9.17) is 0 Å². The van der Waals surface area contributed by atoms with Gasteiger partial charge >= 0.3 is 0 Å². The lowest BCUT2D eigenvalue weighted by atomic mass is 9.94. The van der Waals surface area contributed by atoms with Gasteiger partial charge in [-0.25, -0.2) is 0 Å². The molecule has 0 unspecified atom stereocenters. The summed E-state index contributed by atoms with van der Waals surface area (Å²) in [6, 6.07) is 15.3. The van der Waals surface area contributed by atoms with Crippen molar-refractivity contribution < 1.29 is 14.9 Å². The van der Waals surface area contributed by atoms with Crippen molar-refractivity contribution in [3.8, 4) is 0 Å². The van der Waals surface area contributed by atoms with Crippen molar-refractivity contribution in [2.45, 2.75) is 52.2 Å². The first-order valence-corrected chi connectivity index (χ1v) is 10.1. The molecule has 0 aromatic heterocycles. The standard InChI is InChI=1S/C23H29N3O2/c1-4-16-9-11-19(12-10-16)25-23(28)21(15(2)3)26-22(27)20-13-17-7-5-6-8-18(17)14-24-20/h5-12,15,20-21,24H,4,13-14H2,1-3H3,(H,25,28)(H,26,27)/p+1/t20-,21-/m0/s1. The number of hydrogen-bond acceptors (Lipinski definition) is 2. The average Bonchev–Trinajstić information content (AvgIpc) is 2.71. The third kappa shape index (κ3) is 4.78. The van der Waals surface area contributed by atoms with Gasteiger partial charge in [-0.2, -0.15) is 0 Å². The molecule has 0 fully saturated rings. The molecule has 3 rings (SSSR count). The van der Waals surface area contributed by atoms with Gasteiger partial charge in [0.25, 0.3) is 5.91 Å². The smallest absolute Gasteiger partial charge is 0.279 e. The zero-order valence-electron chi connectivity index (χ0n) is 16.9. The number of hydrogen-bond donors (Lipinski definition) is 3. The van der Waals surface area contributed by atoms with Crippen LogP contribution in [-0.2, 0) is 29.0 Å². The highest BCUT2D eigenvalue weighted by atomic mass is 16.2. The Bertz CT molecular complexity index is 830. The molecule has 2 aromatic carbocycles. The van der Waals surface area contributed by atoms with Crippen molar-refractivity contribution in [3.05, 3.63) is 65.2 Å². The molecule has 148 valence electrons. The number of aryl methyl sites for hydroxylation is 1. The minimum Gasteiger partial charge on any atom is -0.339 e. The summed E-state index contributed by atoms with van der Waals surface area (Å²) >= 11 is 0. The first kappa shape index (κ1) is 20.1. The summed E-state index contributed by atoms with van der Waals surface area (Å²) in [5.74, 6) is -0.261. The van der Waals surface area contributed by atoms with Gasteiger partial charge in [-0.05, 0) is 35.6 Å². The largest absolute Gasteiger partial charge is 0.339 e. The molecular formula is C23H30N3O2+. The predicted octanol–water partition coefficient (Wildman–Crippen LogP) is 2.02. The number of nitrogens with two attached hydrogens (primary N) is 1. The molecule has 5 heteroatoms. The fraction of sp³-hybridized carbons (Fsp3) is 0.391. The molecule has 0 saturated carbocycles. The number of quaternary nitrogens is 1. The highest BCUT2D eigenvalue weighted by Gasteiger charge is 2.32. The highest BCUT2D eigenvalue weighted by Crippen LogP contribution is 2.14. The Labute approximate surface area is 166 Å². The molecule has 1 aliphatic heterocycles. The third-order valence-corrected chi connectivity index (χ3v) is 5.39. The molecule has 2 amide bonds. The summed E-state index contributed by atoms with van der Waals surface area (Å²) in [6.45, 7) is 6.78. The number of anilines is 1. The molecule has 2 atom stereocenters. The summed E-state index contributed by atoms with van der Waals surface area (Å²) in [5, 5.41) is 7.96. The Kier molecular flexibility index (Phi) is 6.47. The monoisotopic (exact) mass is 380 g/mol. The van der Waals surface area contributed by atoms with Crippen LogP contribution in [0.5, 0.6) is 0 Å². The molecule has 4 N–H and O–H groups in total. The molecule has 0 saturated heterocycles. The van der Waals surface area contributed by atoms with E-state index in [2.05, 4.69) is 35.0 Å². The number of amides is 2. The lowest BCUT2D eigenvalue weighted by Crippen LogP contribution is -2.93. The van der Waals surface area contributed by atoms with Crippen LogP contribution in [0.4, 0.5) is 5.69 Å². The van der Waals surface area contributed by atoms with Gasteiger partial charge in [0.15, 0.2) is 6.04 Å². The molecule has 0 aliphatic carbocycles. The van der Waals surface area contributed by atoms with Gasteiger partial charge in [0.05, 0.1) is 0 Å². The SMILES string of the molecule is CCc1ccc(NC(=O)[C@@H](NC(=O)[C@@H]2Cc3ccccc3C[NH2+]2)C(C)C)cc1. The van der Waals surface area contributed by atoms with E-state index in [1.54, 1.807) is 0 Å². The van der Waals surface area contributed by atoms with Crippen molar-refractivity contribution in [2.75, 3.05) is 5.32 Å². The number of carbonyl (C=O) groups excluding carboxylic acids is 2. The van der Waals surface area contributed by atoms with Crippen LogP contribution in [0, 0.1) is 5.92 Å². The first-order chi connectivity index (χ1) is 13.5. The summed E-state index contributed by atoms with van der Waals surface area (Å²) in [4.78, 5) is 25.6. The van der Waals surface area contributed by atoms with Gasteiger partial charge in [-0.15, -0.1) is 0 Å². The molecule has 5 nitrogen and oxygen atoms in total. The van der Waals surface area contributed by atoms with Gasteiger partial charge in [-0.3, -0.25) is 9.59 Å². The Hall–Kier alpha value is -2.66. The van der Waals surface area contributed by atoms with Gasteiger partial charge in [0, 0.05) is 17.7 Å². The molecule has 1 heterocycles. The van der Waals surface area contributed by atoms with E-state index in [1.165, 1.54) is 16.7 Å². The molecule has 0 bridgehead atoms. The van der Waals surface area contributed by atoms with Gasteiger partial charge in [-0.1, -0.05) is 57.2 Å². The summed E-state index contributed by atoms with van der Waals surface area (Å²) in [6.07, 6.45) is 1.65. The molecule has 1 aliphatic rings.